The first-order valence-corrected chi connectivity index (χ1v) is 6.72. The van der Waals surface area contributed by atoms with Gasteiger partial charge in [-0.3, -0.25) is 4.90 Å². The Hall–Kier alpha value is -0.340. The topological polar surface area (TPSA) is 15.3 Å². The highest BCUT2D eigenvalue weighted by Gasteiger charge is 2.19. The zero-order chi connectivity index (χ0) is 12.4. The van der Waals surface area contributed by atoms with E-state index in [1.165, 1.54) is 19.4 Å². The lowest BCUT2D eigenvalue weighted by Crippen LogP contribution is -2.46. The lowest BCUT2D eigenvalue weighted by atomic mass is 10.0. The predicted molar refractivity (Wildman–Crippen MR) is 73.8 cm³/mol. The Morgan fingerprint density at radius 3 is 2.38 bits per heavy atom. The molecule has 0 saturated carbocycles. The van der Waals surface area contributed by atoms with Crippen LogP contribution in [0.1, 0.15) is 40.5 Å². The average molecular weight is 226 g/mol. The largest absolute Gasteiger partial charge is 0.315 e. The lowest BCUT2D eigenvalue weighted by Gasteiger charge is -2.33. The van der Waals surface area contributed by atoms with Crippen molar-refractivity contribution in [3.8, 4) is 0 Å². The predicted octanol–water partition coefficient (Wildman–Crippen LogP) is 2.91. The number of hydrogen-bond acceptors (Lipinski definition) is 2. The first-order chi connectivity index (χ1) is 7.67. The Morgan fingerprint density at radius 1 is 1.25 bits per heavy atom. The van der Waals surface area contributed by atoms with E-state index in [0.717, 1.165) is 19.6 Å². The Bertz CT molecular complexity index is 166. The van der Waals surface area contributed by atoms with Gasteiger partial charge in [-0.2, -0.15) is 0 Å². The molecular weight excluding hydrogens is 196 g/mol. The van der Waals surface area contributed by atoms with Crippen LogP contribution in [0, 0.1) is 5.92 Å². The number of hydrogen-bond donors (Lipinski definition) is 1. The van der Waals surface area contributed by atoms with Crippen molar-refractivity contribution >= 4 is 0 Å². The van der Waals surface area contributed by atoms with Crippen LogP contribution in [0.15, 0.2) is 12.7 Å². The van der Waals surface area contributed by atoms with Crippen LogP contribution in [0.25, 0.3) is 0 Å². The summed E-state index contributed by atoms with van der Waals surface area (Å²) in [5, 5.41) is 3.54. The molecule has 0 aliphatic rings. The summed E-state index contributed by atoms with van der Waals surface area (Å²) in [6.45, 7) is 17.3. The van der Waals surface area contributed by atoms with E-state index < -0.39 is 0 Å². The van der Waals surface area contributed by atoms with E-state index in [1.54, 1.807) is 0 Å². The molecule has 0 aromatic carbocycles. The summed E-state index contributed by atoms with van der Waals surface area (Å²) in [5.74, 6) is 0.691. The molecule has 0 rings (SSSR count). The van der Waals surface area contributed by atoms with Crippen LogP contribution in [-0.4, -0.2) is 37.1 Å². The highest BCUT2D eigenvalue weighted by atomic mass is 15.2. The van der Waals surface area contributed by atoms with Crippen LogP contribution in [0.2, 0.25) is 0 Å². The van der Waals surface area contributed by atoms with E-state index in [9.17, 15) is 0 Å². The van der Waals surface area contributed by atoms with Gasteiger partial charge in [0.15, 0.2) is 0 Å². The highest BCUT2D eigenvalue weighted by molar-refractivity contribution is 4.82. The molecule has 0 aromatic rings. The summed E-state index contributed by atoms with van der Waals surface area (Å²) < 4.78 is 0. The van der Waals surface area contributed by atoms with Crippen molar-refractivity contribution in [2.24, 2.45) is 5.92 Å². The van der Waals surface area contributed by atoms with Crippen molar-refractivity contribution in [1.29, 1.82) is 0 Å². The minimum absolute atomic E-state index is 0.629. The minimum atomic E-state index is 0.629. The summed E-state index contributed by atoms with van der Waals surface area (Å²) in [6.07, 6.45) is 4.44. The van der Waals surface area contributed by atoms with Crippen LogP contribution in [0.3, 0.4) is 0 Å². The first-order valence-electron chi connectivity index (χ1n) is 6.72. The van der Waals surface area contributed by atoms with Crippen molar-refractivity contribution in [1.82, 2.24) is 10.2 Å². The standard InChI is InChI=1S/C14H30N2/c1-6-9-15-12-14(13(4)5)16(10-7-2)11-8-3/h7,13-15H,2,6,8-12H2,1,3-5H3. The molecule has 0 aliphatic carbocycles. The van der Waals surface area contributed by atoms with E-state index in [4.69, 9.17) is 0 Å². The Labute approximate surface area is 102 Å². The van der Waals surface area contributed by atoms with Gasteiger partial charge in [-0.25, -0.2) is 0 Å². The molecule has 1 unspecified atom stereocenters. The van der Waals surface area contributed by atoms with Crippen molar-refractivity contribution < 1.29 is 0 Å². The van der Waals surface area contributed by atoms with Gasteiger partial charge >= 0.3 is 0 Å². The molecule has 2 heteroatoms. The van der Waals surface area contributed by atoms with E-state index in [2.05, 4.69) is 44.5 Å². The van der Waals surface area contributed by atoms with Crippen molar-refractivity contribution in [2.45, 2.75) is 46.6 Å². The highest BCUT2D eigenvalue weighted by Crippen LogP contribution is 2.11. The van der Waals surface area contributed by atoms with E-state index in [1.807, 2.05) is 6.08 Å². The molecule has 0 aromatic heterocycles. The van der Waals surface area contributed by atoms with Crippen LogP contribution in [0.4, 0.5) is 0 Å². The molecule has 0 aliphatic heterocycles. The average Bonchev–Trinajstić information content (AvgIpc) is 2.24. The van der Waals surface area contributed by atoms with E-state index >= 15 is 0 Å². The monoisotopic (exact) mass is 226 g/mol. The third-order valence-corrected chi connectivity index (χ3v) is 2.89. The van der Waals surface area contributed by atoms with Gasteiger partial charge in [0, 0.05) is 19.1 Å². The SMILES string of the molecule is C=CCN(CCC)C(CNCCC)C(C)C. The van der Waals surface area contributed by atoms with Gasteiger partial charge in [0.1, 0.15) is 0 Å². The molecular formula is C14H30N2. The molecule has 1 atom stereocenters. The zero-order valence-corrected chi connectivity index (χ0v) is 11.6. The molecule has 0 heterocycles. The van der Waals surface area contributed by atoms with Crippen LogP contribution < -0.4 is 5.32 Å². The molecule has 16 heavy (non-hydrogen) atoms. The lowest BCUT2D eigenvalue weighted by molar-refractivity contribution is 0.168. The van der Waals surface area contributed by atoms with Crippen molar-refractivity contribution in [3.63, 3.8) is 0 Å². The number of nitrogens with zero attached hydrogens (tertiary/aromatic N) is 1. The molecule has 0 radical (unpaired) electrons. The molecule has 96 valence electrons. The van der Waals surface area contributed by atoms with Gasteiger partial charge in [-0.1, -0.05) is 33.8 Å². The second kappa shape index (κ2) is 9.86. The molecule has 0 amide bonds. The van der Waals surface area contributed by atoms with Crippen LogP contribution >= 0.6 is 0 Å². The van der Waals surface area contributed by atoms with Gasteiger partial charge in [0.2, 0.25) is 0 Å². The molecule has 0 saturated heterocycles. The maximum atomic E-state index is 3.86. The third kappa shape index (κ3) is 6.29. The maximum absolute atomic E-state index is 3.86. The van der Waals surface area contributed by atoms with Gasteiger partial charge in [-0.05, 0) is 31.8 Å². The normalized spacial score (nSPS) is 13.4. The third-order valence-electron chi connectivity index (χ3n) is 2.89. The van der Waals surface area contributed by atoms with E-state index in [-0.39, 0.29) is 0 Å². The quantitative estimate of drug-likeness (QED) is 0.455. The maximum Gasteiger partial charge on any atom is 0.0246 e. The smallest absolute Gasteiger partial charge is 0.0246 e. The van der Waals surface area contributed by atoms with Crippen LogP contribution in [0.5, 0.6) is 0 Å². The molecule has 0 fully saturated rings. The summed E-state index contributed by atoms with van der Waals surface area (Å²) >= 11 is 0. The molecule has 1 N–H and O–H groups in total. The van der Waals surface area contributed by atoms with Gasteiger partial charge in [-0.15, -0.1) is 6.58 Å². The summed E-state index contributed by atoms with van der Waals surface area (Å²) in [6, 6.07) is 0.629. The zero-order valence-electron chi connectivity index (χ0n) is 11.6. The van der Waals surface area contributed by atoms with Crippen molar-refractivity contribution in [3.05, 3.63) is 12.7 Å². The Morgan fingerprint density at radius 2 is 1.94 bits per heavy atom. The first kappa shape index (κ1) is 15.7. The Balaban J connectivity index is 4.25. The summed E-state index contributed by atoms with van der Waals surface area (Å²) in [7, 11) is 0. The summed E-state index contributed by atoms with van der Waals surface area (Å²) in [5.41, 5.74) is 0. The van der Waals surface area contributed by atoms with E-state index in [0.29, 0.717) is 12.0 Å². The second-order valence-electron chi connectivity index (χ2n) is 4.80. The number of rotatable bonds is 10. The minimum Gasteiger partial charge on any atom is -0.315 e. The van der Waals surface area contributed by atoms with Gasteiger partial charge < -0.3 is 5.32 Å². The fraction of sp³-hybridized carbons (Fsp3) is 0.857. The second-order valence-corrected chi connectivity index (χ2v) is 4.80. The molecule has 0 bridgehead atoms. The molecule has 2 nitrogen and oxygen atoms in total. The van der Waals surface area contributed by atoms with Gasteiger partial charge in [0.05, 0.1) is 0 Å². The Kier molecular flexibility index (Phi) is 9.65. The van der Waals surface area contributed by atoms with Gasteiger partial charge in [0.25, 0.3) is 0 Å². The fourth-order valence-electron chi connectivity index (χ4n) is 2.06. The fourth-order valence-corrected chi connectivity index (χ4v) is 2.06. The summed E-state index contributed by atoms with van der Waals surface area (Å²) in [4.78, 5) is 2.54. The van der Waals surface area contributed by atoms with Crippen LogP contribution in [-0.2, 0) is 0 Å². The number of nitrogens with one attached hydrogen (secondary N) is 1. The van der Waals surface area contributed by atoms with Crippen molar-refractivity contribution in [2.75, 3.05) is 26.2 Å². The molecule has 0 spiro atoms.